The van der Waals surface area contributed by atoms with E-state index in [2.05, 4.69) is 4.98 Å². The first kappa shape index (κ1) is 17.6. The maximum atomic E-state index is 13.2. The zero-order valence-electron chi connectivity index (χ0n) is 15.6. The van der Waals surface area contributed by atoms with Crippen molar-refractivity contribution >= 4 is 28.8 Å². The van der Waals surface area contributed by atoms with Crippen LogP contribution in [-0.4, -0.2) is 26.9 Å². The molecular weight excluding hydrogens is 374 g/mol. The lowest BCUT2D eigenvalue weighted by Gasteiger charge is -2.33. The van der Waals surface area contributed by atoms with Gasteiger partial charge in [-0.1, -0.05) is 25.1 Å². The third kappa shape index (κ3) is 2.06. The summed E-state index contributed by atoms with van der Waals surface area (Å²) in [5.74, 6) is -0.832. The highest BCUT2D eigenvalue weighted by molar-refractivity contribution is 6.02. The number of benzene rings is 1. The number of rotatable bonds is 2. The Morgan fingerprint density at radius 2 is 2.07 bits per heavy atom. The highest BCUT2D eigenvalue weighted by Crippen LogP contribution is 2.44. The maximum absolute atomic E-state index is 13.2. The van der Waals surface area contributed by atoms with E-state index in [0.29, 0.717) is 33.4 Å². The number of para-hydroxylation sites is 1. The molecule has 1 aromatic carbocycles. The average molecular weight is 391 g/mol. The standard InChI is InChI=1S/C21H17N3O5/c1-2-21(28)15-13(9-29-20(21)27)19(26)24-7-11-12(8-25)10-5-3-4-6-14(10)23-17(11)18(24)16(15)22/h3-6,8,28H,2,7,9,22H2,1H3. The number of aldehydes is 1. The van der Waals surface area contributed by atoms with Crippen LogP contribution < -0.4 is 11.3 Å². The van der Waals surface area contributed by atoms with E-state index in [-0.39, 0.29) is 36.4 Å². The van der Waals surface area contributed by atoms with Gasteiger partial charge in [0.2, 0.25) is 0 Å². The van der Waals surface area contributed by atoms with Crippen LogP contribution in [0.1, 0.15) is 40.4 Å². The van der Waals surface area contributed by atoms with E-state index < -0.39 is 17.1 Å². The summed E-state index contributed by atoms with van der Waals surface area (Å²) in [4.78, 5) is 42.1. The van der Waals surface area contributed by atoms with Gasteiger partial charge in [0.1, 0.15) is 6.61 Å². The van der Waals surface area contributed by atoms with Gasteiger partial charge < -0.3 is 20.1 Å². The Labute approximate surface area is 164 Å². The number of fused-ring (bicyclic) bond motifs is 5. The topological polar surface area (TPSA) is 125 Å². The molecule has 29 heavy (non-hydrogen) atoms. The van der Waals surface area contributed by atoms with Gasteiger partial charge in [-0.3, -0.25) is 9.59 Å². The molecule has 146 valence electrons. The fourth-order valence-electron chi connectivity index (χ4n) is 4.42. The summed E-state index contributed by atoms with van der Waals surface area (Å²) in [5.41, 5.74) is 6.74. The monoisotopic (exact) mass is 391 g/mol. The molecule has 1 unspecified atom stereocenters. The quantitative estimate of drug-likeness (QED) is 0.392. The van der Waals surface area contributed by atoms with Crippen molar-refractivity contribution < 1.29 is 19.4 Å². The minimum absolute atomic E-state index is 0.00349. The van der Waals surface area contributed by atoms with Gasteiger partial charge in [0, 0.05) is 22.1 Å². The molecule has 1 atom stereocenters. The van der Waals surface area contributed by atoms with Crippen LogP contribution in [0.25, 0.3) is 22.3 Å². The summed E-state index contributed by atoms with van der Waals surface area (Å²) in [6.45, 7) is 1.49. The number of ether oxygens (including phenoxy) is 1. The third-order valence-corrected chi connectivity index (χ3v) is 5.91. The highest BCUT2D eigenvalue weighted by atomic mass is 16.6. The lowest BCUT2D eigenvalue weighted by molar-refractivity contribution is -0.172. The van der Waals surface area contributed by atoms with Crippen LogP contribution >= 0.6 is 0 Å². The second-order valence-corrected chi connectivity index (χ2v) is 7.28. The fourth-order valence-corrected chi connectivity index (χ4v) is 4.42. The van der Waals surface area contributed by atoms with Crippen molar-refractivity contribution in [2.75, 3.05) is 5.73 Å². The number of nitrogens with zero attached hydrogens (tertiary/aromatic N) is 2. The van der Waals surface area contributed by atoms with Crippen molar-refractivity contribution in [2.24, 2.45) is 0 Å². The summed E-state index contributed by atoms with van der Waals surface area (Å²) >= 11 is 0. The molecule has 0 fully saturated rings. The molecule has 2 aromatic heterocycles. The number of aliphatic hydroxyl groups is 1. The molecule has 0 spiro atoms. The second-order valence-electron chi connectivity index (χ2n) is 7.28. The molecule has 2 aliphatic rings. The van der Waals surface area contributed by atoms with Gasteiger partial charge in [0.25, 0.3) is 5.56 Å². The highest BCUT2D eigenvalue weighted by Gasteiger charge is 2.47. The van der Waals surface area contributed by atoms with Gasteiger partial charge in [0.05, 0.1) is 34.7 Å². The van der Waals surface area contributed by atoms with Crippen LogP contribution in [0.5, 0.6) is 0 Å². The molecule has 0 bridgehead atoms. The van der Waals surface area contributed by atoms with Crippen molar-refractivity contribution in [2.45, 2.75) is 32.1 Å². The number of carbonyl (C=O) groups is 2. The molecule has 0 saturated carbocycles. The Kier molecular flexibility index (Phi) is 3.48. The van der Waals surface area contributed by atoms with Crippen molar-refractivity contribution in [1.29, 1.82) is 0 Å². The zero-order valence-corrected chi connectivity index (χ0v) is 15.6. The van der Waals surface area contributed by atoms with Gasteiger partial charge >= 0.3 is 5.97 Å². The van der Waals surface area contributed by atoms with Crippen molar-refractivity contribution in [3.05, 3.63) is 56.9 Å². The fraction of sp³-hybridized carbons (Fsp3) is 0.238. The lowest BCUT2D eigenvalue weighted by atomic mass is 9.84. The lowest BCUT2D eigenvalue weighted by Crippen LogP contribution is -2.45. The van der Waals surface area contributed by atoms with Gasteiger partial charge in [0.15, 0.2) is 11.9 Å². The molecule has 0 amide bonds. The van der Waals surface area contributed by atoms with Crippen LogP contribution in [0.4, 0.5) is 5.69 Å². The molecule has 2 aliphatic heterocycles. The number of carbonyl (C=O) groups excluding carboxylic acids is 2. The van der Waals surface area contributed by atoms with Crippen molar-refractivity contribution in [1.82, 2.24) is 9.55 Å². The Balaban J connectivity index is 1.91. The van der Waals surface area contributed by atoms with E-state index in [1.165, 1.54) is 4.57 Å². The summed E-state index contributed by atoms with van der Waals surface area (Å²) in [7, 11) is 0. The number of pyridine rings is 2. The SMILES string of the molecule is CCC1(O)C(=O)OCc2c1c(N)c1n(c2=O)Cc2c-1nc1ccccc1c2C=O. The van der Waals surface area contributed by atoms with E-state index >= 15 is 0 Å². The Morgan fingerprint density at radius 3 is 2.79 bits per heavy atom. The summed E-state index contributed by atoms with van der Waals surface area (Å²) < 4.78 is 6.50. The number of esters is 1. The van der Waals surface area contributed by atoms with Gasteiger partial charge in [-0.25, -0.2) is 9.78 Å². The summed E-state index contributed by atoms with van der Waals surface area (Å²) in [6.07, 6.45) is 0.758. The molecule has 3 aromatic rings. The zero-order chi connectivity index (χ0) is 20.5. The molecule has 0 aliphatic carbocycles. The Bertz CT molecular complexity index is 1310. The largest absolute Gasteiger partial charge is 0.458 e. The van der Waals surface area contributed by atoms with Gasteiger partial charge in [-0.15, -0.1) is 0 Å². The third-order valence-electron chi connectivity index (χ3n) is 5.91. The molecule has 8 heteroatoms. The molecular formula is C21H17N3O5. The van der Waals surface area contributed by atoms with Crippen LogP contribution in [-0.2, 0) is 28.3 Å². The molecule has 4 heterocycles. The van der Waals surface area contributed by atoms with E-state index in [9.17, 15) is 19.5 Å². The minimum atomic E-state index is -2.00. The smallest absolute Gasteiger partial charge is 0.343 e. The second kappa shape index (κ2) is 5.74. The number of hydrogen-bond donors (Lipinski definition) is 2. The van der Waals surface area contributed by atoms with Crippen LogP contribution in [0.15, 0.2) is 29.1 Å². The summed E-state index contributed by atoms with van der Waals surface area (Å²) in [5, 5.41) is 11.7. The first-order chi connectivity index (χ1) is 13.9. The number of cyclic esters (lactones) is 1. The first-order valence-electron chi connectivity index (χ1n) is 9.24. The van der Waals surface area contributed by atoms with Gasteiger partial charge in [-0.05, 0) is 12.5 Å². The van der Waals surface area contributed by atoms with Crippen molar-refractivity contribution in [3.8, 4) is 11.4 Å². The molecule has 0 saturated heterocycles. The number of nitrogens with two attached hydrogens (primary N) is 1. The number of aromatic nitrogens is 2. The van der Waals surface area contributed by atoms with Crippen molar-refractivity contribution in [3.63, 3.8) is 0 Å². The van der Waals surface area contributed by atoms with Gasteiger partial charge in [-0.2, -0.15) is 0 Å². The Morgan fingerprint density at radius 1 is 1.31 bits per heavy atom. The summed E-state index contributed by atoms with van der Waals surface area (Å²) in [6, 6.07) is 7.20. The van der Waals surface area contributed by atoms with E-state index in [4.69, 9.17) is 10.5 Å². The van der Waals surface area contributed by atoms with Crippen LogP contribution in [0.3, 0.4) is 0 Å². The molecule has 3 N–H and O–H groups in total. The normalized spacial score (nSPS) is 19.4. The first-order valence-corrected chi connectivity index (χ1v) is 9.24. The van der Waals surface area contributed by atoms with E-state index in [1.807, 2.05) is 6.07 Å². The van der Waals surface area contributed by atoms with E-state index in [1.54, 1.807) is 25.1 Å². The molecule has 5 rings (SSSR count). The number of nitrogen functional groups attached to an aromatic ring is 1. The van der Waals surface area contributed by atoms with E-state index in [0.717, 1.165) is 6.29 Å². The van der Waals surface area contributed by atoms with Crippen LogP contribution in [0, 0.1) is 0 Å². The number of anilines is 1. The number of hydrogen-bond acceptors (Lipinski definition) is 7. The molecule has 0 radical (unpaired) electrons. The predicted molar refractivity (Wildman–Crippen MR) is 104 cm³/mol. The van der Waals surface area contributed by atoms with Crippen LogP contribution in [0.2, 0.25) is 0 Å². The maximum Gasteiger partial charge on any atom is 0.343 e. The Hall–Kier alpha value is -3.52. The predicted octanol–water partition coefficient (Wildman–Crippen LogP) is 1.47. The average Bonchev–Trinajstić information content (AvgIpc) is 3.11. The minimum Gasteiger partial charge on any atom is -0.458 e. The molecule has 8 nitrogen and oxygen atoms in total.